The number of methoxy groups -OCH3 is 1. The second-order valence-corrected chi connectivity index (χ2v) is 7.01. The fraction of sp³-hybridized carbons (Fsp3) is 0.250. The molecule has 2 atom stereocenters. The Labute approximate surface area is 174 Å². The van der Waals surface area contributed by atoms with Gasteiger partial charge in [-0.1, -0.05) is 18.2 Å². The van der Waals surface area contributed by atoms with Gasteiger partial charge < -0.3 is 14.5 Å². The van der Waals surface area contributed by atoms with Crippen molar-refractivity contribution in [2.24, 2.45) is 0 Å². The van der Waals surface area contributed by atoms with Crippen molar-refractivity contribution in [1.82, 2.24) is 10.3 Å². The lowest BCUT2D eigenvalue weighted by Crippen LogP contribution is -2.45. The standard InChI is InChI=1S/C24H22N2O4/c1-3-30-23(27)16-10-6-8-15(9-7-11-16)21-22-18(14-20(26-21)24(28)29-2)17-12-4-5-13-19(17)25-22/h4-6,9-13,20-21,25-26H,3,14H2,1-2H3/b16-10+. The van der Waals surface area contributed by atoms with Crippen molar-refractivity contribution in [3.63, 3.8) is 0 Å². The van der Waals surface area contributed by atoms with Crippen LogP contribution in [0.25, 0.3) is 10.9 Å². The smallest absolute Gasteiger partial charge is 0.338 e. The summed E-state index contributed by atoms with van der Waals surface area (Å²) in [5, 5.41) is 4.46. The number of rotatable bonds is 4. The minimum absolute atomic E-state index is 0.306. The molecule has 0 bridgehead atoms. The summed E-state index contributed by atoms with van der Waals surface area (Å²) < 4.78 is 10.0. The van der Waals surface area contributed by atoms with E-state index < -0.39 is 12.0 Å². The van der Waals surface area contributed by atoms with Gasteiger partial charge >= 0.3 is 11.9 Å². The Kier molecular flexibility index (Phi) is 5.55. The number of fused-ring (bicyclic) bond motifs is 3. The van der Waals surface area contributed by atoms with E-state index in [2.05, 4.69) is 21.8 Å². The summed E-state index contributed by atoms with van der Waals surface area (Å²) in [6.07, 6.45) is 7.20. The van der Waals surface area contributed by atoms with Crippen molar-refractivity contribution in [3.8, 4) is 0 Å². The average molecular weight is 402 g/mol. The third-order valence-corrected chi connectivity index (χ3v) is 5.21. The first-order valence-electron chi connectivity index (χ1n) is 9.82. The van der Waals surface area contributed by atoms with Gasteiger partial charge in [0.2, 0.25) is 0 Å². The molecule has 2 unspecified atom stereocenters. The van der Waals surface area contributed by atoms with Crippen LogP contribution < -0.4 is 5.32 Å². The Morgan fingerprint density at radius 2 is 2.07 bits per heavy atom. The number of carbonyl (C=O) groups is 2. The first-order chi connectivity index (χ1) is 14.6. The van der Waals surface area contributed by atoms with Gasteiger partial charge in [0.15, 0.2) is 0 Å². The maximum Gasteiger partial charge on any atom is 0.338 e. The first-order valence-corrected chi connectivity index (χ1v) is 9.82. The van der Waals surface area contributed by atoms with Crippen LogP contribution in [0.5, 0.6) is 0 Å². The molecule has 0 spiro atoms. The number of allylic oxidation sites excluding steroid dienone is 1. The first kappa shape index (κ1) is 19.7. The number of hydrogen-bond acceptors (Lipinski definition) is 5. The zero-order chi connectivity index (χ0) is 21.1. The third-order valence-electron chi connectivity index (χ3n) is 5.21. The molecule has 6 nitrogen and oxygen atoms in total. The number of nitrogens with one attached hydrogen (secondary N) is 2. The van der Waals surface area contributed by atoms with E-state index in [0.717, 1.165) is 27.7 Å². The summed E-state index contributed by atoms with van der Waals surface area (Å²) in [5.41, 5.74) is 10.5. The van der Waals surface area contributed by atoms with Gasteiger partial charge in [0.25, 0.3) is 0 Å². The number of carbonyl (C=O) groups excluding carboxylic acids is 2. The molecule has 0 amide bonds. The molecule has 2 aromatic rings. The van der Waals surface area contributed by atoms with E-state index in [1.54, 1.807) is 31.2 Å². The monoisotopic (exact) mass is 402 g/mol. The van der Waals surface area contributed by atoms with Crippen molar-refractivity contribution in [2.45, 2.75) is 25.4 Å². The van der Waals surface area contributed by atoms with E-state index in [-0.39, 0.29) is 12.0 Å². The number of para-hydroxylation sites is 1. The third kappa shape index (κ3) is 3.68. The predicted octanol–water partition coefficient (Wildman–Crippen LogP) is 3.19. The summed E-state index contributed by atoms with van der Waals surface area (Å²) >= 11 is 0. The lowest BCUT2D eigenvalue weighted by Gasteiger charge is -2.30. The number of ether oxygens (including phenoxy) is 2. The SMILES string of the molecule is CCOC(=O)/C1=C/C=C=C(C2NC(C(=O)OC)Cc3c2[nH]c2ccccc32)C=C=C1. The van der Waals surface area contributed by atoms with Crippen LogP contribution >= 0.6 is 0 Å². The molecular formula is C24H22N2O4. The minimum atomic E-state index is -0.477. The van der Waals surface area contributed by atoms with Crippen molar-refractivity contribution in [2.75, 3.05) is 13.7 Å². The molecule has 2 aliphatic rings. The van der Waals surface area contributed by atoms with Crippen molar-refractivity contribution in [1.29, 1.82) is 0 Å². The van der Waals surface area contributed by atoms with Gasteiger partial charge in [0.05, 0.1) is 25.3 Å². The lowest BCUT2D eigenvalue weighted by molar-refractivity contribution is -0.143. The summed E-state index contributed by atoms with van der Waals surface area (Å²) in [5.74, 6) is -0.713. The van der Waals surface area contributed by atoms with Crippen LogP contribution in [0.1, 0.15) is 24.2 Å². The summed E-state index contributed by atoms with van der Waals surface area (Å²) in [6, 6.07) is 7.25. The number of H-pyrrole nitrogens is 1. The van der Waals surface area contributed by atoms with E-state index in [9.17, 15) is 9.59 Å². The molecule has 1 aliphatic carbocycles. The Morgan fingerprint density at radius 1 is 1.23 bits per heavy atom. The van der Waals surface area contributed by atoms with Crippen LogP contribution in [-0.4, -0.2) is 36.7 Å². The topological polar surface area (TPSA) is 80.4 Å². The van der Waals surface area contributed by atoms with Gasteiger partial charge in [0.1, 0.15) is 6.04 Å². The van der Waals surface area contributed by atoms with E-state index in [4.69, 9.17) is 9.47 Å². The van der Waals surface area contributed by atoms with Crippen LogP contribution in [0, 0.1) is 0 Å². The molecule has 0 radical (unpaired) electrons. The highest BCUT2D eigenvalue weighted by atomic mass is 16.5. The van der Waals surface area contributed by atoms with Crippen molar-refractivity contribution < 1.29 is 19.1 Å². The number of esters is 2. The normalized spacial score (nSPS) is 21.8. The maximum atomic E-state index is 12.3. The van der Waals surface area contributed by atoms with Gasteiger partial charge in [-0.15, -0.1) is 11.5 Å². The van der Waals surface area contributed by atoms with Gasteiger partial charge in [0, 0.05) is 28.6 Å². The van der Waals surface area contributed by atoms with Crippen molar-refractivity contribution >= 4 is 22.8 Å². The average Bonchev–Trinajstić information content (AvgIpc) is 3.11. The highest BCUT2D eigenvalue weighted by Gasteiger charge is 2.35. The van der Waals surface area contributed by atoms with E-state index in [1.807, 2.05) is 24.3 Å². The number of benzene rings is 1. The van der Waals surface area contributed by atoms with Crippen LogP contribution in [0.15, 0.2) is 71.2 Å². The molecular weight excluding hydrogens is 380 g/mol. The Bertz CT molecular complexity index is 1170. The Hall–Kier alpha value is -3.56. The van der Waals surface area contributed by atoms with Gasteiger partial charge in [-0.2, -0.15) is 0 Å². The molecule has 0 saturated carbocycles. The van der Waals surface area contributed by atoms with E-state index in [1.165, 1.54) is 7.11 Å². The lowest BCUT2D eigenvalue weighted by atomic mass is 9.90. The van der Waals surface area contributed by atoms with Gasteiger partial charge in [-0.25, -0.2) is 4.79 Å². The molecule has 2 N–H and O–H groups in total. The van der Waals surface area contributed by atoms with Crippen LogP contribution in [0.3, 0.4) is 0 Å². The van der Waals surface area contributed by atoms with Crippen LogP contribution in [0.2, 0.25) is 0 Å². The summed E-state index contributed by atoms with van der Waals surface area (Å²) in [7, 11) is 1.39. The van der Waals surface area contributed by atoms with Gasteiger partial charge in [-0.05, 0) is 42.9 Å². The molecule has 2 heterocycles. The Balaban J connectivity index is 1.78. The molecule has 4 rings (SSSR count). The molecule has 0 saturated heterocycles. The van der Waals surface area contributed by atoms with Gasteiger partial charge in [-0.3, -0.25) is 10.1 Å². The fourth-order valence-electron chi connectivity index (χ4n) is 3.82. The highest BCUT2D eigenvalue weighted by molar-refractivity contribution is 5.92. The number of aromatic amines is 1. The minimum Gasteiger partial charge on any atom is -0.468 e. The van der Waals surface area contributed by atoms with Crippen LogP contribution in [-0.2, 0) is 25.5 Å². The second-order valence-electron chi connectivity index (χ2n) is 7.01. The second kappa shape index (κ2) is 8.44. The zero-order valence-electron chi connectivity index (χ0n) is 16.8. The highest BCUT2D eigenvalue weighted by Crippen LogP contribution is 2.35. The number of hydrogen-bond donors (Lipinski definition) is 2. The largest absolute Gasteiger partial charge is 0.468 e. The quantitative estimate of drug-likeness (QED) is 0.607. The summed E-state index contributed by atoms with van der Waals surface area (Å²) in [6.45, 7) is 2.07. The molecule has 1 aromatic carbocycles. The molecule has 6 heteroatoms. The zero-order valence-corrected chi connectivity index (χ0v) is 16.8. The van der Waals surface area contributed by atoms with Crippen molar-refractivity contribution in [3.05, 3.63) is 82.4 Å². The Morgan fingerprint density at radius 3 is 2.87 bits per heavy atom. The molecule has 1 aliphatic heterocycles. The fourth-order valence-corrected chi connectivity index (χ4v) is 3.82. The molecule has 1 aromatic heterocycles. The summed E-state index contributed by atoms with van der Waals surface area (Å²) in [4.78, 5) is 27.8. The molecule has 0 fully saturated rings. The van der Waals surface area contributed by atoms with E-state index >= 15 is 0 Å². The molecule has 30 heavy (non-hydrogen) atoms. The number of aromatic nitrogens is 1. The molecule has 152 valence electrons. The van der Waals surface area contributed by atoms with Crippen LogP contribution in [0.4, 0.5) is 0 Å². The maximum absolute atomic E-state index is 12.3. The van der Waals surface area contributed by atoms with E-state index in [0.29, 0.717) is 18.6 Å². The predicted molar refractivity (Wildman–Crippen MR) is 113 cm³/mol.